The Balaban J connectivity index is 1.84. The van der Waals surface area contributed by atoms with Crippen molar-refractivity contribution in [3.05, 3.63) is 62.7 Å². The van der Waals surface area contributed by atoms with Gasteiger partial charge in [-0.2, -0.15) is 0 Å². The van der Waals surface area contributed by atoms with Crippen molar-refractivity contribution in [2.75, 3.05) is 6.61 Å². The zero-order valence-electron chi connectivity index (χ0n) is 10.2. The maximum absolute atomic E-state index is 9.94. The topological polar surface area (TPSA) is 29.5 Å². The quantitative estimate of drug-likeness (QED) is 0.787. The molecule has 0 saturated heterocycles. The van der Waals surface area contributed by atoms with E-state index in [-0.39, 0.29) is 6.61 Å². The van der Waals surface area contributed by atoms with E-state index in [0.29, 0.717) is 17.2 Å². The van der Waals surface area contributed by atoms with E-state index in [1.165, 1.54) is 3.57 Å². The molecule has 0 aliphatic rings. The van der Waals surface area contributed by atoms with Gasteiger partial charge in [-0.25, -0.2) is 0 Å². The molecule has 0 bridgehead atoms. The fourth-order valence-electron chi connectivity index (χ4n) is 1.70. The molecule has 0 aromatic heterocycles. The smallest absolute Gasteiger partial charge is 0.120 e. The molecule has 0 amide bonds. The van der Waals surface area contributed by atoms with E-state index in [2.05, 4.69) is 22.6 Å². The highest BCUT2D eigenvalue weighted by Gasteiger charge is 2.07. The SMILES string of the molecule is OC(COc1cccc(Cl)c1)Cc1ccc(I)cc1. The number of rotatable bonds is 5. The minimum atomic E-state index is -0.529. The van der Waals surface area contributed by atoms with Crippen LogP contribution in [-0.4, -0.2) is 17.8 Å². The van der Waals surface area contributed by atoms with E-state index in [1.807, 2.05) is 36.4 Å². The lowest BCUT2D eigenvalue weighted by Crippen LogP contribution is -2.20. The first-order valence-corrected chi connectivity index (χ1v) is 7.40. The molecule has 0 radical (unpaired) electrons. The van der Waals surface area contributed by atoms with Crippen molar-refractivity contribution >= 4 is 34.2 Å². The normalized spacial score (nSPS) is 12.2. The van der Waals surface area contributed by atoms with Crippen molar-refractivity contribution < 1.29 is 9.84 Å². The van der Waals surface area contributed by atoms with Gasteiger partial charge >= 0.3 is 0 Å². The average Bonchev–Trinajstić information content (AvgIpc) is 2.39. The average molecular weight is 389 g/mol. The Morgan fingerprint density at radius 3 is 2.58 bits per heavy atom. The van der Waals surface area contributed by atoms with Crippen LogP contribution in [0, 0.1) is 3.57 Å². The molecule has 2 aromatic rings. The summed E-state index contributed by atoms with van der Waals surface area (Å²) in [6.07, 6.45) is 0.0522. The van der Waals surface area contributed by atoms with Crippen LogP contribution in [0.1, 0.15) is 5.56 Å². The summed E-state index contributed by atoms with van der Waals surface area (Å²) < 4.78 is 6.69. The van der Waals surface area contributed by atoms with Crippen molar-refractivity contribution in [3.63, 3.8) is 0 Å². The fraction of sp³-hybridized carbons (Fsp3) is 0.200. The highest BCUT2D eigenvalue weighted by Crippen LogP contribution is 2.17. The monoisotopic (exact) mass is 388 g/mol. The summed E-state index contributed by atoms with van der Waals surface area (Å²) in [5.74, 6) is 0.675. The number of hydrogen-bond acceptors (Lipinski definition) is 2. The minimum absolute atomic E-state index is 0.256. The van der Waals surface area contributed by atoms with Gasteiger partial charge in [-0.05, 0) is 58.5 Å². The second-order valence-electron chi connectivity index (χ2n) is 4.25. The summed E-state index contributed by atoms with van der Waals surface area (Å²) in [6, 6.07) is 15.3. The van der Waals surface area contributed by atoms with Gasteiger partial charge in [0.05, 0.1) is 6.10 Å². The maximum Gasteiger partial charge on any atom is 0.120 e. The lowest BCUT2D eigenvalue weighted by atomic mass is 10.1. The first-order valence-electron chi connectivity index (χ1n) is 5.94. The fourth-order valence-corrected chi connectivity index (χ4v) is 2.24. The van der Waals surface area contributed by atoms with Crippen LogP contribution in [0.3, 0.4) is 0 Å². The molecule has 4 heteroatoms. The molecule has 2 rings (SSSR count). The van der Waals surface area contributed by atoms with Gasteiger partial charge in [-0.15, -0.1) is 0 Å². The molecule has 1 atom stereocenters. The van der Waals surface area contributed by atoms with Crippen LogP contribution >= 0.6 is 34.2 Å². The highest BCUT2D eigenvalue weighted by molar-refractivity contribution is 14.1. The molecular formula is C15H14ClIO2. The third kappa shape index (κ3) is 5.01. The standard InChI is InChI=1S/C15H14ClIO2/c16-12-2-1-3-15(9-12)19-10-14(18)8-11-4-6-13(17)7-5-11/h1-7,9,14,18H,8,10H2. The molecule has 0 heterocycles. The Morgan fingerprint density at radius 1 is 1.16 bits per heavy atom. The summed E-state index contributed by atoms with van der Waals surface area (Å²) in [5.41, 5.74) is 1.10. The molecule has 2 nitrogen and oxygen atoms in total. The molecule has 1 N–H and O–H groups in total. The van der Waals surface area contributed by atoms with Crippen LogP contribution in [0.25, 0.3) is 0 Å². The lowest BCUT2D eigenvalue weighted by molar-refractivity contribution is 0.108. The van der Waals surface area contributed by atoms with E-state index in [9.17, 15) is 5.11 Å². The molecule has 100 valence electrons. The van der Waals surface area contributed by atoms with Gasteiger partial charge in [0, 0.05) is 15.0 Å². The van der Waals surface area contributed by atoms with Gasteiger partial charge in [-0.3, -0.25) is 0 Å². The van der Waals surface area contributed by atoms with Crippen LogP contribution in [0.15, 0.2) is 48.5 Å². The number of ether oxygens (including phenoxy) is 1. The molecule has 0 spiro atoms. The molecule has 0 aliphatic carbocycles. The van der Waals surface area contributed by atoms with Gasteiger partial charge in [0.1, 0.15) is 12.4 Å². The van der Waals surface area contributed by atoms with Gasteiger partial charge in [-0.1, -0.05) is 29.8 Å². The second kappa shape index (κ2) is 7.12. The number of aliphatic hydroxyl groups is 1. The molecule has 0 saturated carbocycles. The van der Waals surface area contributed by atoms with Crippen molar-refractivity contribution in [2.45, 2.75) is 12.5 Å². The zero-order valence-corrected chi connectivity index (χ0v) is 13.1. The Bertz CT molecular complexity index is 528. The number of benzene rings is 2. The lowest BCUT2D eigenvalue weighted by Gasteiger charge is -2.12. The van der Waals surface area contributed by atoms with E-state index >= 15 is 0 Å². The van der Waals surface area contributed by atoms with E-state index in [1.54, 1.807) is 12.1 Å². The summed E-state index contributed by atoms with van der Waals surface area (Å²) >= 11 is 8.12. The summed E-state index contributed by atoms with van der Waals surface area (Å²) in [4.78, 5) is 0. The molecule has 19 heavy (non-hydrogen) atoms. The Kier molecular flexibility index (Phi) is 5.48. The van der Waals surface area contributed by atoms with Crippen LogP contribution < -0.4 is 4.74 Å². The van der Waals surface area contributed by atoms with Crippen LogP contribution in [-0.2, 0) is 6.42 Å². The largest absolute Gasteiger partial charge is 0.491 e. The first-order chi connectivity index (χ1) is 9.13. The van der Waals surface area contributed by atoms with Crippen LogP contribution in [0.2, 0.25) is 5.02 Å². The Labute approximate surface area is 131 Å². The predicted octanol–water partition coefficient (Wildman–Crippen LogP) is 3.93. The van der Waals surface area contributed by atoms with Crippen LogP contribution in [0.4, 0.5) is 0 Å². The third-order valence-electron chi connectivity index (χ3n) is 2.62. The minimum Gasteiger partial charge on any atom is -0.491 e. The predicted molar refractivity (Wildman–Crippen MR) is 85.8 cm³/mol. The summed E-state index contributed by atoms with van der Waals surface area (Å²) in [6.45, 7) is 0.256. The first kappa shape index (κ1) is 14.6. The molecule has 1 unspecified atom stereocenters. The van der Waals surface area contributed by atoms with Gasteiger partial charge in [0.15, 0.2) is 0 Å². The van der Waals surface area contributed by atoms with Gasteiger partial charge < -0.3 is 9.84 Å². The van der Waals surface area contributed by atoms with E-state index in [4.69, 9.17) is 16.3 Å². The van der Waals surface area contributed by atoms with Gasteiger partial charge in [0.25, 0.3) is 0 Å². The number of halogens is 2. The molecule has 2 aromatic carbocycles. The summed E-state index contributed by atoms with van der Waals surface area (Å²) in [7, 11) is 0. The highest BCUT2D eigenvalue weighted by atomic mass is 127. The Hall–Kier alpha value is -0.780. The molecular weight excluding hydrogens is 375 g/mol. The van der Waals surface area contributed by atoms with E-state index < -0.39 is 6.10 Å². The second-order valence-corrected chi connectivity index (χ2v) is 5.93. The van der Waals surface area contributed by atoms with Gasteiger partial charge in [0.2, 0.25) is 0 Å². The number of aliphatic hydroxyl groups excluding tert-OH is 1. The Morgan fingerprint density at radius 2 is 1.89 bits per heavy atom. The zero-order chi connectivity index (χ0) is 13.7. The van der Waals surface area contributed by atoms with Crippen LogP contribution in [0.5, 0.6) is 5.75 Å². The van der Waals surface area contributed by atoms with E-state index in [0.717, 1.165) is 5.56 Å². The van der Waals surface area contributed by atoms with Crippen molar-refractivity contribution in [2.24, 2.45) is 0 Å². The van der Waals surface area contributed by atoms with Crippen molar-refractivity contribution in [1.29, 1.82) is 0 Å². The third-order valence-corrected chi connectivity index (χ3v) is 3.58. The molecule has 0 aliphatic heterocycles. The maximum atomic E-state index is 9.94. The molecule has 0 fully saturated rings. The number of hydrogen-bond donors (Lipinski definition) is 1. The summed E-state index contributed by atoms with van der Waals surface area (Å²) in [5, 5.41) is 10.6. The van der Waals surface area contributed by atoms with Crippen molar-refractivity contribution in [3.8, 4) is 5.75 Å². The van der Waals surface area contributed by atoms with Crippen molar-refractivity contribution in [1.82, 2.24) is 0 Å².